The number of benzene rings is 3. The molecule has 1 N–H and O–H groups in total. The molecule has 0 bridgehead atoms. The van der Waals surface area contributed by atoms with Crippen LogP contribution in [0, 0.1) is 6.92 Å². The molecule has 0 aliphatic heterocycles. The molecule has 0 atom stereocenters. The normalized spacial score (nSPS) is 10.9. The Balaban J connectivity index is 1.66. The summed E-state index contributed by atoms with van der Waals surface area (Å²) in [5, 5.41) is 6.72. The third-order valence-electron chi connectivity index (χ3n) is 4.03. The molecule has 0 aromatic heterocycles. The van der Waals surface area contributed by atoms with Gasteiger partial charge in [0, 0.05) is 10.6 Å². The van der Waals surface area contributed by atoms with E-state index in [4.69, 9.17) is 21.1 Å². The minimum atomic E-state index is -0.361. The van der Waals surface area contributed by atoms with Crippen molar-refractivity contribution < 1.29 is 14.3 Å². The number of aryl methyl sites for hydroxylation is 1. The Morgan fingerprint density at radius 1 is 1.15 bits per heavy atom. The Bertz CT molecular complexity index is 1000. The van der Waals surface area contributed by atoms with E-state index in [1.54, 1.807) is 31.5 Å². The van der Waals surface area contributed by atoms with E-state index < -0.39 is 0 Å². The number of nitrogens with zero attached hydrogens (tertiary/aromatic N) is 1. The fourth-order valence-electron chi connectivity index (χ4n) is 2.71. The van der Waals surface area contributed by atoms with E-state index in [0.717, 1.165) is 21.9 Å². The predicted molar refractivity (Wildman–Crippen MR) is 108 cm³/mol. The quantitative estimate of drug-likeness (QED) is 0.509. The number of rotatable bonds is 6. The second kappa shape index (κ2) is 8.56. The lowest BCUT2D eigenvalue weighted by atomic mass is 10.0. The molecule has 0 saturated heterocycles. The molecule has 0 radical (unpaired) electrons. The molecule has 3 rings (SSSR count). The van der Waals surface area contributed by atoms with E-state index in [1.165, 1.54) is 0 Å². The van der Waals surface area contributed by atoms with Gasteiger partial charge >= 0.3 is 0 Å². The number of carbonyl (C=O) groups is 1. The van der Waals surface area contributed by atoms with Crippen LogP contribution < -0.4 is 14.9 Å². The van der Waals surface area contributed by atoms with Crippen molar-refractivity contribution in [2.24, 2.45) is 5.10 Å². The van der Waals surface area contributed by atoms with E-state index in [2.05, 4.69) is 10.5 Å². The average Bonchev–Trinajstić information content (AvgIpc) is 2.67. The summed E-state index contributed by atoms with van der Waals surface area (Å²) in [7, 11) is 1.60. The minimum Gasteiger partial charge on any atom is -0.496 e. The fraction of sp³-hybridized carbons (Fsp3) is 0.143. The Kier molecular flexibility index (Phi) is 5.94. The van der Waals surface area contributed by atoms with Crippen LogP contribution >= 0.6 is 11.6 Å². The lowest BCUT2D eigenvalue weighted by molar-refractivity contribution is -0.123. The monoisotopic (exact) mass is 382 g/mol. The molecule has 0 aliphatic rings. The van der Waals surface area contributed by atoms with Gasteiger partial charge in [0.2, 0.25) is 0 Å². The van der Waals surface area contributed by atoms with Crippen LogP contribution in [0.2, 0.25) is 5.02 Å². The van der Waals surface area contributed by atoms with Crippen molar-refractivity contribution in [2.45, 2.75) is 6.92 Å². The number of hydrazone groups is 1. The van der Waals surface area contributed by atoms with E-state index in [1.807, 2.05) is 43.3 Å². The number of ether oxygens (including phenoxy) is 2. The van der Waals surface area contributed by atoms with Crippen molar-refractivity contribution in [3.8, 4) is 11.5 Å². The first-order valence-corrected chi connectivity index (χ1v) is 8.73. The molecule has 27 heavy (non-hydrogen) atoms. The van der Waals surface area contributed by atoms with Gasteiger partial charge in [-0.3, -0.25) is 4.79 Å². The van der Waals surface area contributed by atoms with Gasteiger partial charge in [-0.05, 0) is 47.5 Å². The third-order valence-corrected chi connectivity index (χ3v) is 4.26. The first-order valence-electron chi connectivity index (χ1n) is 8.35. The molecule has 0 spiro atoms. The van der Waals surface area contributed by atoms with Crippen molar-refractivity contribution >= 4 is 34.5 Å². The molecule has 0 unspecified atom stereocenters. The number of halogens is 1. The number of hydrogen-bond acceptors (Lipinski definition) is 4. The highest BCUT2D eigenvalue weighted by atomic mass is 35.5. The van der Waals surface area contributed by atoms with Gasteiger partial charge in [0.15, 0.2) is 6.61 Å². The number of nitrogens with one attached hydrogen (secondary N) is 1. The van der Waals surface area contributed by atoms with Crippen LogP contribution in [0.4, 0.5) is 0 Å². The summed E-state index contributed by atoms with van der Waals surface area (Å²) < 4.78 is 10.9. The molecular formula is C21H19ClN2O3. The Morgan fingerprint density at radius 3 is 2.70 bits per heavy atom. The summed E-state index contributed by atoms with van der Waals surface area (Å²) in [5.41, 5.74) is 4.13. The Morgan fingerprint density at radius 2 is 1.93 bits per heavy atom. The zero-order chi connectivity index (χ0) is 19.2. The summed E-state index contributed by atoms with van der Waals surface area (Å²) in [4.78, 5) is 12.0. The van der Waals surface area contributed by atoms with E-state index in [-0.39, 0.29) is 12.5 Å². The first kappa shape index (κ1) is 18.7. The number of methoxy groups -OCH3 is 1. The number of carbonyl (C=O) groups excluding carboxylic acids is 1. The van der Waals surface area contributed by atoms with Gasteiger partial charge in [0.05, 0.1) is 13.3 Å². The van der Waals surface area contributed by atoms with Crippen LogP contribution in [0.1, 0.15) is 11.1 Å². The summed E-state index contributed by atoms with van der Waals surface area (Å²) in [6, 6.07) is 17.0. The molecule has 0 fully saturated rings. The topological polar surface area (TPSA) is 59.9 Å². The lowest BCUT2D eigenvalue weighted by Gasteiger charge is -2.09. The summed E-state index contributed by atoms with van der Waals surface area (Å²) in [6.45, 7) is 1.72. The van der Waals surface area contributed by atoms with Crippen molar-refractivity contribution in [1.29, 1.82) is 0 Å². The highest BCUT2D eigenvalue weighted by Gasteiger charge is 2.07. The summed E-state index contributed by atoms with van der Waals surface area (Å²) >= 11 is 5.91. The average molecular weight is 383 g/mol. The highest BCUT2D eigenvalue weighted by molar-refractivity contribution is 6.30. The summed E-state index contributed by atoms with van der Waals surface area (Å²) in [5.74, 6) is 0.925. The number of amides is 1. The standard InChI is InChI=1S/C21H19ClN2O3/c1-14-11-16(22)8-10-19(14)27-13-21(25)24-23-12-18-17-6-4-3-5-15(17)7-9-20(18)26-2/h3-12H,13H2,1-2H3,(H,24,25). The SMILES string of the molecule is COc1ccc2ccccc2c1C=NNC(=O)COc1ccc(Cl)cc1C. The largest absolute Gasteiger partial charge is 0.496 e. The van der Waals surface area contributed by atoms with Gasteiger partial charge in [-0.25, -0.2) is 5.43 Å². The second-order valence-corrected chi connectivity index (χ2v) is 6.33. The predicted octanol–water partition coefficient (Wildman–Crippen LogP) is 4.34. The highest BCUT2D eigenvalue weighted by Crippen LogP contribution is 2.26. The molecule has 0 saturated carbocycles. The van der Waals surface area contributed by atoms with Crippen LogP contribution in [0.15, 0.2) is 59.7 Å². The van der Waals surface area contributed by atoms with E-state index in [0.29, 0.717) is 16.5 Å². The Hall–Kier alpha value is -3.05. The van der Waals surface area contributed by atoms with Crippen LogP contribution in [0.3, 0.4) is 0 Å². The molecule has 0 aliphatic carbocycles. The first-order chi connectivity index (χ1) is 13.1. The lowest BCUT2D eigenvalue weighted by Crippen LogP contribution is -2.24. The van der Waals surface area contributed by atoms with Crippen LogP contribution in [0.5, 0.6) is 11.5 Å². The summed E-state index contributed by atoms with van der Waals surface area (Å²) in [6.07, 6.45) is 1.58. The van der Waals surface area contributed by atoms with Gasteiger partial charge < -0.3 is 9.47 Å². The molecule has 0 heterocycles. The molecule has 138 valence electrons. The van der Waals surface area contributed by atoms with Crippen LogP contribution in [0.25, 0.3) is 10.8 Å². The zero-order valence-corrected chi connectivity index (χ0v) is 15.8. The zero-order valence-electron chi connectivity index (χ0n) is 15.0. The molecule has 1 amide bonds. The van der Waals surface area contributed by atoms with Gasteiger partial charge in [0.1, 0.15) is 11.5 Å². The maximum Gasteiger partial charge on any atom is 0.277 e. The molecule has 6 heteroatoms. The maximum atomic E-state index is 12.0. The number of hydrogen-bond donors (Lipinski definition) is 1. The van der Waals surface area contributed by atoms with E-state index in [9.17, 15) is 4.79 Å². The molecule has 5 nitrogen and oxygen atoms in total. The van der Waals surface area contributed by atoms with Crippen molar-refractivity contribution in [3.63, 3.8) is 0 Å². The van der Waals surface area contributed by atoms with Crippen molar-refractivity contribution in [1.82, 2.24) is 5.43 Å². The molecular weight excluding hydrogens is 364 g/mol. The van der Waals surface area contributed by atoms with Crippen LogP contribution in [-0.4, -0.2) is 25.8 Å². The second-order valence-electron chi connectivity index (χ2n) is 5.89. The Labute approximate surface area is 162 Å². The number of fused-ring (bicyclic) bond motifs is 1. The van der Waals surface area contributed by atoms with Gasteiger partial charge in [-0.1, -0.05) is 41.9 Å². The molecule has 3 aromatic carbocycles. The smallest absolute Gasteiger partial charge is 0.277 e. The van der Waals surface area contributed by atoms with Crippen molar-refractivity contribution in [3.05, 3.63) is 70.7 Å². The van der Waals surface area contributed by atoms with Gasteiger partial charge in [0.25, 0.3) is 5.91 Å². The van der Waals surface area contributed by atoms with Crippen LogP contribution in [-0.2, 0) is 4.79 Å². The van der Waals surface area contributed by atoms with Gasteiger partial charge in [-0.2, -0.15) is 5.10 Å². The fourth-order valence-corrected chi connectivity index (χ4v) is 2.93. The maximum absolute atomic E-state index is 12.0. The third kappa shape index (κ3) is 4.57. The van der Waals surface area contributed by atoms with Crippen molar-refractivity contribution in [2.75, 3.05) is 13.7 Å². The van der Waals surface area contributed by atoms with E-state index >= 15 is 0 Å². The minimum absolute atomic E-state index is 0.146. The molecule has 3 aromatic rings. The van der Waals surface area contributed by atoms with Gasteiger partial charge in [-0.15, -0.1) is 0 Å².